The van der Waals surface area contributed by atoms with Crippen LogP contribution in [0.3, 0.4) is 0 Å². The molecule has 0 aromatic carbocycles. The van der Waals surface area contributed by atoms with Gasteiger partial charge in [0.05, 0.1) is 21.4 Å². The molecule has 0 amide bonds. The first-order valence-electron chi connectivity index (χ1n) is 3.59. The summed E-state index contributed by atoms with van der Waals surface area (Å²) in [7, 11) is 0. The maximum Gasteiger partial charge on any atom is 0.0845 e. The number of hydrogen-bond acceptors (Lipinski definition) is 3. The molecule has 0 unspecified atom stereocenters. The largest absolute Gasteiger partial charge is 0.260 e. The van der Waals surface area contributed by atoms with Gasteiger partial charge in [0.1, 0.15) is 0 Å². The van der Waals surface area contributed by atoms with E-state index in [2.05, 4.69) is 16.9 Å². The molecule has 0 saturated carbocycles. The second-order valence-electron chi connectivity index (χ2n) is 2.31. The molecule has 0 saturated heterocycles. The number of fused-ring (bicyclic) bond motifs is 1. The second kappa shape index (κ2) is 2.58. The van der Waals surface area contributed by atoms with Crippen molar-refractivity contribution in [3.63, 3.8) is 0 Å². The molecule has 2 nitrogen and oxygen atoms in total. The zero-order valence-electron chi connectivity index (χ0n) is 6.24. The van der Waals surface area contributed by atoms with E-state index in [9.17, 15) is 0 Å². The highest BCUT2D eigenvalue weighted by molar-refractivity contribution is 7.16. The van der Waals surface area contributed by atoms with Gasteiger partial charge >= 0.3 is 0 Å². The maximum absolute atomic E-state index is 4.27. The van der Waals surface area contributed by atoms with Crippen LogP contribution in [0.25, 0.3) is 10.2 Å². The van der Waals surface area contributed by atoms with Crippen LogP contribution in [-0.2, 0) is 6.42 Å². The van der Waals surface area contributed by atoms with E-state index in [-0.39, 0.29) is 0 Å². The minimum Gasteiger partial charge on any atom is -0.260 e. The van der Waals surface area contributed by atoms with E-state index in [4.69, 9.17) is 0 Å². The predicted octanol–water partition coefficient (Wildman–Crippen LogP) is 2.25. The summed E-state index contributed by atoms with van der Waals surface area (Å²) in [4.78, 5) is 8.47. The average molecular weight is 164 g/mol. The lowest BCUT2D eigenvalue weighted by Gasteiger charge is -1.94. The van der Waals surface area contributed by atoms with Gasteiger partial charge in [0.15, 0.2) is 0 Å². The summed E-state index contributed by atoms with van der Waals surface area (Å²) in [5, 5.41) is 0. The predicted molar refractivity (Wildman–Crippen MR) is 46.8 cm³/mol. The van der Waals surface area contributed by atoms with Crippen LogP contribution in [0.4, 0.5) is 0 Å². The molecular weight excluding hydrogens is 156 g/mol. The number of aromatic nitrogens is 2. The minimum atomic E-state index is 0.986. The summed E-state index contributed by atoms with van der Waals surface area (Å²) in [6, 6.07) is 1.95. The van der Waals surface area contributed by atoms with Crippen LogP contribution in [0, 0.1) is 0 Å². The molecule has 2 aromatic rings. The van der Waals surface area contributed by atoms with Gasteiger partial charge in [0.25, 0.3) is 0 Å². The van der Waals surface area contributed by atoms with Gasteiger partial charge in [-0.2, -0.15) is 0 Å². The molecule has 0 aliphatic rings. The van der Waals surface area contributed by atoms with Crippen LogP contribution >= 0.6 is 11.3 Å². The van der Waals surface area contributed by atoms with Crippen molar-refractivity contribution >= 4 is 21.6 Å². The highest BCUT2D eigenvalue weighted by Gasteiger charge is 2.00. The lowest BCUT2D eigenvalue weighted by Crippen LogP contribution is -1.84. The first kappa shape index (κ1) is 6.73. The molecule has 0 spiro atoms. The molecular formula is C8H8N2S. The lowest BCUT2D eigenvalue weighted by molar-refractivity contribution is 1.06. The molecule has 0 aliphatic carbocycles. The van der Waals surface area contributed by atoms with Crippen molar-refractivity contribution in [2.45, 2.75) is 13.3 Å². The highest BCUT2D eigenvalue weighted by atomic mass is 32.1. The molecule has 0 bridgehead atoms. The van der Waals surface area contributed by atoms with Gasteiger partial charge in [-0.3, -0.25) is 4.98 Å². The van der Waals surface area contributed by atoms with Crippen LogP contribution in [0.1, 0.15) is 12.6 Å². The number of thiazole rings is 1. The average Bonchev–Trinajstić information content (AvgIpc) is 2.50. The first-order valence-corrected chi connectivity index (χ1v) is 4.47. The minimum absolute atomic E-state index is 0.986. The van der Waals surface area contributed by atoms with E-state index >= 15 is 0 Å². The number of nitrogens with zero attached hydrogens (tertiary/aromatic N) is 2. The third kappa shape index (κ3) is 1.01. The van der Waals surface area contributed by atoms with Crippen molar-refractivity contribution in [1.82, 2.24) is 9.97 Å². The fraction of sp³-hybridized carbons (Fsp3) is 0.250. The zero-order valence-corrected chi connectivity index (χ0v) is 7.06. The summed E-state index contributed by atoms with van der Waals surface area (Å²) in [6.45, 7) is 2.11. The van der Waals surface area contributed by atoms with Crippen molar-refractivity contribution < 1.29 is 0 Å². The van der Waals surface area contributed by atoms with Crippen molar-refractivity contribution in [3.8, 4) is 0 Å². The lowest BCUT2D eigenvalue weighted by atomic mass is 10.3. The van der Waals surface area contributed by atoms with Crippen LogP contribution in [0.15, 0.2) is 17.8 Å². The zero-order chi connectivity index (χ0) is 7.68. The Kier molecular flexibility index (Phi) is 1.58. The van der Waals surface area contributed by atoms with E-state index in [0.29, 0.717) is 0 Å². The molecule has 2 rings (SSSR count). The van der Waals surface area contributed by atoms with Crippen molar-refractivity contribution in [2.75, 3.05) is 0 Å². The van der Waals surface area contributed by atoms with E-state index in [1.165, 1.54) is 4.70 Å². The smallest absolute Gasteiger partial charge is 0.0845 e. The Hall–Kier alpha value is -0.960. The monoisotopic (exact) mass is 164 g/mol. The van der Waals surface area contributed by atoms with Crippen LogP contribution in [0.5, 0.6) is 0 Å². The van der Waals surface area contributed by atoms with Gasteiger partial charge in [0, 0.05) is 6.20 Å². The Morgan fingerprint density at radius 1 is 1.45 bits per heavy atom. The fourth-order valence-corrected chi connectivity index (χ4v) is 1.94. The van der Waals surface area contributed by atoms with Crippen LogP contribution in [-0.4, -0.2) is 9.97 Å². The number of aryl methyl sites for hydroxylation is 1. The van der Waals surface area contributed by atoms with Crippen LogP contribution < -0.4 is 0 Å². The van der Waals surface area contributed by atoms with Crippen molar-refractivity contribution in [2.24, 2.45) is 0 Å². The quantitative estimate of drug-likeness (QED) is 0.646. The molecule has 0 aliphatic heterocycles. The van der Waals surface area contributed by atoms with E-state index < -0.39 is 0 Å². The molecule has 0 atom stereocenters. The number of pyridine rings is 1. The van der Waals surface area contributed by atoms with Crippen LogP contribution in [0.2, 0.25) is 0 Å². The Bertz CT molecular complexity index is 367. The highest BCUT2D eigenvalue weighted by Crippen LogP contribution is 2.19. The van der Waals surface area contributed by atoms with Gasteiger partial charge in [-0.05, 0) is 12.5 Å². The molecule has 0 radical (unpaired) electrons. The van der Waals surface area contributed by atoms with Crippen molar-refractivity contribution in [1.29, 1.82) is 0 Å². The van der Waals surface area contributed by atoms with Crippen molar-refractivity contribution in [3.05, 3.63) is 23.5 Å². The molecule has 3 heteroatoms. The number of hydrogen-bond donors (Lipinski definition) is 0. The summed E-state index contributed by atoms with van der Waals surface area (Å²) in [5.41, 5.74) is 4.10. The van der Waals surface area contributed by atoms with Gasteiger partial charge in [-0.15, -0.1) is 11.3 Å². The van der Waals surface area contributed by atoms with Gasteiger partial charge in [-0.25, -0.2) is 4.98 Å². The standard InChI is InChI=1S/C8H8N2S/c1-2-6-8-7(3-4-9-6)10-5-11-8/h3-5H,2H2,1H3. The normalized spacial score (nSPS) is 10.6. The third-order valence-corrected chi connectivity index (χ3v) is 2.55. The third-order valence-electron chi connectivity index (χ3n) is 1.65. The Morgan fingerprint density at radius 3 is 3.18 bits per heavy atom. The Morgan fingerprint density at radius 2 is 2.36 bits per heavy atom. The van der Waals surface area contributed by atoms with E-state index in [0.717, 1.165) is 17.6 Å². The summed E-state index contributed by atoms with van der Waals surface area (Å²) >= 11 is 1.66. The van der Waals surface area contributed by atoms with E-state index in [1.807, 2.05) is 17.8 Å². The van der Waals surface area contributed by atoms with Gasteiger partial charge in [-0.1, -0.05) is 6.92 Å². The maximum atomic E-state index is 4.27. The summed E-state index contributed by atoms with van der Waals surface area (Å²) in [6.07, 6.45) is 2.81. The molecule has 2 aromatic heterocycles. The van der Waals surface area contributed by atoms with E-state index in [1.54, 1.807) is 11.3 Å². The topological polar surface area (TPSA) is 25.8 Å². The van der Waals surface area contributed by atoms with Gasteiger partial charge < -0.3 is 0 Å². The van der Waals surface area contributed by atoms with Gasteiger partial charge in [0.2, 0.25) is 0 Å². The molecule has 2 heterocycles. The summed E-state index contributed by atoms with van der Waals surface area (Å²) < 4.78 is 1.23. The summed E-state index contributed by atoms with van der Waals surface area (Å²) in [5.74, 6) is 0. The Labute approximate surface area is 68.9 Å². The second-order valence-corrected chi connectivity index (χ2v) is 3.17. The SMILES string of the molecule is CCc1nccc2ncsc12. The first-order chi connectivity index (χ1) is 5.42. The molecule has 11 heavy (non-hydrogen) atoms. The molecule has 0 fully saturated rings. The fourth-order valence-electron chi connectivity index (χ4n) is 1.10. The Balaban J connectivity index is 2.79. The molecule has 56 valence electrons. The number of rotatable bonds is 1. The molecule has 0 N–H and O–H groups in total.